The molecule has 0 spiro atoms. The number of nitrogens with zero attached hydrogens (tertiary/aromatic N) is 1. The molecule has 0 saturated heterocycles. The van der Waals surface area contributed by atoms with Crippen LogP contribution < -0.4 is 5.73 Å². The molecular formula is C8H18N2O4. The van der Waals surface area contributed by atoms with Crippen LogP contribution in [0, 0.1) is 4.91 Å². The van der Waals surface area contributed by atoms with Gasteiger partial charge >= 0.3 is 5.97 Å². The van der Waals surface area contributed by atoms with E-state index in [0.29, 0.717) is 6.42 Å². The fourth-order valence-electron chi connectivity index (χ4n) is 0.951. The summed E-state index contributed by atoms with van der Waals surface area (Å²) in [6.45, 7) is 0.749. The van der Waals surface area contributed by atoms with Crippen LogP contribution in [0.2, 0.25) is 0 Å². The van der Waals surface area contributed by atoms with Crippen molar-refractivity contribution in [3.63, 3.8) is 0 Å². The second-order valence-electron chi connectivity index (χ2n) is 2.78. The summed E-state index contributed by atoms with van der Waals surface area (Å²) in [7, 11) is 0. The van der Waals surface area contributed by atoms with Crippen LogP contribution in [0.15, 0.2) is 5.34 Å². The number of nitrogens with two attached hydrogens (primary N) is 1. The van der Waals surface area contributed by atoms with Gasteiger partial charge in [0.15, 0.2) is 5.34 Å². The summed E-state index contributed by atoms with van der Waals surface area (Å²) in [6, 6.07) is 0. The molecule has 0 rings (SSSR count). The molecule has 0 heterocycles. The lowest BCUT2D eigenvalue weighted by Gasteiger charge is -1.97. The maximum absolute atomic E-state index is 10.1. The van der Waals surface area contributed by atoms with Gasteiger partial charge in [-0.3, -0.25) is 4.79 Å². The van der Waals surface area contributed by atoms with E-state index in [2.05, 4.69) is 0 Å². The standard InChI is InChI=1S/C8H17NO2.HNO2/c9-7-5-3-1-2-4-6-8(10)11;2-1-3/h1-7,9H2,(H,10,11);(H,2,3). The Labute approximate surface area is 83.0 Å². The Balaban J connectivity index is 0. The predicted octanol–water partition coefficient (Wildman–Crippen LogP) is 1.51. The first kappa shape index (κ1) is 15.3. The third kappa shape index (κ3) is 22.4. The minimum absolute atomic E-state index is 0.308. The van der Waals surface area contributed by atoms with E-state index in [0.717, 1.165) is 38.6 Å². The summed E-state index contributed by atoms with van der Waals surface area (Å²) in [6.07, 6.45) is 5.45. The molecule has 0 atom stereocenters. The normalized spacial score (nSPS) is 8.64. The number of rotatable bonds is 7. The van der Waals surface area contributed by atoms with Crippen LogP contribution in [-0.2, 0) is 4.79 Å². The summed E-state index contributed by atoms with van der Waals surface area (Å²) in [5, 5.41) is 16.2. The molecule has 6 nitrogen and oxygen atoms in total. The Morgan fingerprint density at radius 1 is 1.14 bits per heavy atom. The maximum atomic E-state index is 10.1. The number of hydrogen-bond acceptors (Lipinski definition) is 4. The topological polar surface area (TPSA) is 113 Å². The summed E-state index contributed by atoms with van der Waals surface area (Å²) in [5.74, 6) is -0.691. The monoisotopic (exact) mass is 206 g/mol. The lowest BCUT2D eigenvalue weighted by molar-refractivity contribution is -0.137. The molecule has 0 aromatic heterocycles. The molecule has 0 aromatic rings. The zero-order valence-electron chi connectivity index (χ0n) is 8.19. The second-order valence-corrected chi connectivity index (χ2v) is 2.78. The first-order valence-electron chi connectivity index (χ1n) is 4.57. The largest absolute Gasteiger partial charge is 0.481 e. The molecule has 14 heavy (non-hydrogen) atoms. The molecule has 0 aliphatic rings. The van der Waals surface area contributed by atoms with E-state index in [1.54, 1.807) is 0 Å². The number of carboxylic acids is 1. The highest BCUT2D eigenvalue weighted by atomic mass is 16.6. The van der Waals surface area contributed by atoms with Gasteiger partial charge in [-0.05, 0) is 19.4 Å². The van der Waals surface area contributed by atoms with Gasteiger partial charge in [0, 0.05) is 6.42 Å². The van der Waals surface area contributed by atoms with Crippen LogP contribution in [0.25, 0.3) is 0 Å². The molecule has 0 saturated carbocycles. The average molecular weight is 206 g/mol. The molecule has 6 heteroatoms. The molecule has 4 N–H and O–H groups in total. The van der Waals surface area contributed by atoms with E-state index >= 15 is 0 Å². The number of carbonyl (C=O) groups is 1. The number of unbranched alkanes of at least 4 members (excludes halogenated alkanes) is 4. The van der Waals surface area contributed by atoms with Crippen molar-refractivity contribution in [2.24, 2.45) is 11.1 Å². The number of aliphatic carboxylic acids is 1. The second kappa shape index (κ2) is 14.4. The zero-order chi connectivity index (χ0) is 11.2. The minimum atomic E-state index is -0.691. The molecule has 84 valence electrons. The molecular weight excluding hydrogens is 188 g/mol. The summed E-state index contributed by atoms with van der Waals surface area (Å²) >= 11 is 0. The summed E-state index contributed by atoms with van der Waals surface area (Å²) in [5.41, 5.74) is 5.30. The first-order valence-corrected chi connectivity index (χ1v) is 4.57. The Morgan fingerprint density at radius 3 is 2.00 bits per heavy atom. The molecule has 0 unspecified atom stereocenters. The zero-order valence-corrected chi connectivity index (χ0v) is 8.19. The van der Waals surface area contributed by atoms with Crippen LogP contribution in [-0.4, -0.2) is 22.8 Å². The molecule has 0 aliphatic carbocycles. The third-order valence-corrected chi connectivity index (χ3v) is 1.59. The smallest absolute Gasteiger partial charge is 0.303 e. The predicted molar refractivity (Wildman–Crippen MR) is 52.0 cm³/mol. The Hall–Kier alpha value is -1.17. The van der Waals surface area contributed by atoms with Gasteiger partial charge in [-0.25, -0.2) is 0 Å². The van der Waals surface area contributed by atoms with Crippen molar-refractivity contribution in [2.75, 3.05) is 6.54 Å². The van der Waals surface area contributed by atoms with Crippen molar-refractivity contribution in [3.05, 3.63) is 4.91 Å². The van der Waals surface area contributed by atoms with Gasteiger partial charge in [-0.1, -0.05) is 19.3 Å². The van der Waals surface area contributed by atoms with Crippen LogP contribution >= 0.6 is 0 Å². The lowest BCUT2D eigenvalue weighted by Crippen LogP contribution is -1.98. The summed E-state index contributed by atoms with van der Waals surface area (Å²) < 4.78 is 0. The van der Waals surface area contributed by atoms with Gasteiger partial charge in [0.05, 0.1) is 0 Å². The fourth-order valence-corrected chi connectivity index (χ4v) is 0.951. The van der Waals surface area contributed by atoms with Crippen LogP contribution in [0.3, 0.4) is 0 Å². The highest BCUT2D eigenvalue weighted by Crippen LogP contribution is 2.04. The number of carboxylic acid groups (broad SMARTS) is 1. The van der Waals surface area contributed by atoms with Gasteiger partial charge in [-0.15, -0.1) is 4.91 Å². The molecule has 0 aliphatic heterocycles. The maximum Gasteiger partial charge on any atom is 0.303 e. The van der Waals surface area contributed by atoms with Gasteiger partial charge in [0.25, 0.3) is 0 Å². The van der Waals surface area contributed by atoms with E-state index in [9.17, 15) is 4.79 Å². The van der Waals surface area contributed by atoms with Crippen molar-refractivity contribution in [1.29, 1.82) is 0 Å². The fraction of sp³-hybridized carbons (Fsp3) is 0.875. The lowest BCUT2D eigenvalue weighted by atomic mass is 10.1. The van der Waals surface area contributed by atoms with E-state index in [1.165, 1.54) is 5.34 Å². The number of hydrogen-bond donors (Lipinski definition) is 3. The van der Waals surface area contributed by atoms with Crippen LogP contribution in [0.4, 0.5) is 0 Å². The molecule has 0 aromatic carbocycles. The van der Waals surface area contributed by atoms with E-state index < -0.39 is 5.97 Å². The highest BCUT2D eigenvalue weighted by Gasteiger charge is 1.95. The Bertz CT molecular complexity index is 141. The van der Waals surface area contributed by atoms with Crippen molar-refractivity contribution in [2.45, 2.75) is 38.5 Å². The molecule has 0 radical (unpaired) electrons. The highest BCUT2D eigenvalue weighted by molar-refractivity contribution is 5.66. The van der Waals surface area contributed by atoms with Crippen molar-refractivity contribution < 1.29 is 15.1 Å². The van der Waals surface area contributed by atoms with Gasteiger partial charge < -0.3 is 16.0 Å². The van der Waals surface area contributed by atoms with Crippen LogP contribution in [0.5, 0.6) is 0 Å². The van der Waals surface area contributed by atoms with Crippen molar-refractivity contribution in [3.8, 4) is 0 Å². The van der Waals surface area contributed by atoms with Gasteiger partial charge in [-0.2, -0.15) is 0 Å². The van der Waals surface area contributed by atoms with E-state index in [-0.39, 0.29) is 0 Å². The van der Waals surface area contributed by atoms with Crippen molar-refractivity contribution >= 4 is 5.97 Å². The summed E-state index contributed by atoms with van der Waals surface area (Å²) in [4.78, 5) is 18.2. The van der Waals surface area contributed by atoms with Crippen LogP contribution in [0.1, 0.15) is 38.5 Å². The van der Waals surface area contributed by atoms with Gasteiger partial charge in [0.1, 0.15) is 0 Å². The molecule has 0 fully saturated rings. The van der Waals surface area contributed by atoms with E-state index in [4.69, 9.17) is 21.0 Å². The molecule has 0 bridgehead atoms. The minimum Gasteiger partial charge on any atom is -0.481 e. The Morgan fingerprint density at radius 2 is 1.57 bits per heavy atom. The first-order chi connectivity index (χ1) is 6.68. The van der Waals surface area contributed by atoms with Crippen molar-refractivity contribution in [1.82, 2.24) is 0 Å². The third-order valence-electron chi connectivity index (χ3n) is 1.59. The van der Waals surface area contributed by atoms with E-state index in [1.807, 2.05) is 0 Å². The Kier molecular flexibility index (Phi) is 15.7. The van der Waals surface area contributed by atoms with Gasteiger partial charge in [0.2, 0.25) is 0 Å². The SMILES string of the molecule is NCCCCCCCC(=O)O.O=NO. The quantitative estimate of drug-likeness (QED) is 0.332. The molecule has 0 amide bonds. The average Bonchev–Trinajstić information content (AvgIpc) is 2.12.